The van der Waals surface area contributed by atoms with Crippen LogP contribution in [0, 0.1) is 11.3 Å². The molecule has 0 aliphatic heterocycles. The largest absolute Gasteiger partial charge is 0.310 e. The summed E-state index contributed by atoms with van der Waals surface area (Å²) in [5.41, 5.74) is 0.775. The quantitative estimate of drug-likeness (QED) is 0.925. The number of nitrogens with one attached hydrogen (secondary N) is 1. The van der Waals surface area contributed by atoms with Crippen molar-refractivity contribution in [1.29, 1.82) is 5.26 Å². The first-order valence-electron chi connectivity index (χ1n) is 5.24. The summed E-state index contributed by atoms with van der Waals surface area (Å²) in [5.74, 6) is -0.0254. The molecular formula is C12H8Cl2N4O. The highest BCUT2D eigenvalue weighted by Gasteiger charge is 2.15. The molecule has 1 N–H and O–H groups in total. The minimum atomic E-state index is -0.302. The average molecular weight is 295 g/mol. The lowest BCUT2D eigenvalue weighted by atomic mass is 10.3. The molecule has 0 atom stereocenters. The van der Waals surface area contributed by atoms with Gasteiger partial charge in [0.25, 0.3) is 0 Å². The Kier molecular flexibility index (Phi) is 3.74. The summed E-state index contributed by atoms with van der Waals surface area (Å²) >= 11 is 11.9. The van der Waals surface area contributed by atoms with Crippen molar-refractivity contribution in [1.82, 2.24) is 9.78 Å². The smallest absolute Gasteiger partial charge is 0.222 e. The molecular weight excluding hydrogens is 287 g/mol. The van der Waals surface area contributed by atoms with Gasteiger partial charge in [-0.2, -0.15) is 10.4 Å². The van der Waals surface area contributed by atoms with E-state index in [0.717, 1.165) is 0 Å². The number of carbonyl (C=O) groups excluding carboxylic acids is 1. The van der Waals surface area contributed by atoms with Crippen LogP contribution in [-0.2, 0) is 4.79 Å². The lowest BCUT2D eigenvalue weighted by Gasteiger charge is -2.09. The van der Waals surface area contributed by atoms with E-state index in [1.807, 2.05) is 6.07 Å². The summed E-state index contributed by atoms with van der Waals surface area (Å²) in [7, 11) is 0. The molecule has 0 bridgehead atoms. The van der Waals surface area contributed by atoms with Crippen LogP contribution in [0.3, 0.4) is 0 Å². The summed E-state index contributed by atoms with van der Waals surface area (Å²) in [5, 5.41) is 16.5. The maximum Gasteiger partial charge on any atom is 0.222 e. The fourth-order valence-corrected chi connectivity index (χ4v) is 2.04. The van der Waals surface area contributed by atoms with E-state index in [2.05, 4.69) is 10.4 Å². The Hall–Kier alpha value is -2.03. The number of hydrogen-bond acceptors (Lipinski definition) is 3. The Morgan fingerprint density at radius 1 is 1.47 bits per heavy atom. The van der Waals surface area contributed by atoms with E-state index in [0.29, 0.717) is 15.7 Å². The molecule has 96 valence electrons. The summed E-state index contributed by atoms with van der Waals surface area (Å²) in [6.45, 7) is 1.35. The number of amides is 1. The molecule has 1 aromatic heterocycles. The first-order valence-corrected chi connectivity index (χ1v) is 5.99. The zero-order valence-electron chi connectivity index (χ0n) is 9.82. The van der Waals surface area contributed by atoms with Crippen molar-refractivity contribution < 1.29 is 4.79 Å². The second-order valence-corrected chi connectivity index (χ2v) is 4.55. The first kappa shape index (κ1) is 13.4. The van der Waals surface area contributed by atoms with Gasteiger partial charge in [0.05, 0.1) is 16.9 Å². The topological polar surface area (TPSA) is 70.7 Å². The number of halogens is 2. The predicted molar refractivity (Wildman–Crippen MR) is 72.6 cm³/mol. The zero-order valence-corrected chi connectivity index (χ0v) is 11.3. The van der Waals surface area contributed by atoms with Crippen LogP contribution in [0.2, 0.25) is 10.0 Å². The lowest BCUT2D eigenvalue weighted by molar-refractivity contribution is -0.114. The van der Waals surface area contributed by atoms with Crippen molar-refractivity contribution in [3.05, 3.63) is 40.0 Å². The molecule has 2 rings (SSSR count). The molecule has 0 saturated carbocycles. The van der Waals surface area contributed by atoms with E-state index in [1.165, 1.54) is 17.8 Å². The third-order valence-electron chi connectivity index (χ3n) is 2.32. The summed E-state index contributed by atoms with van der Waals surface area (Å²) < 4.78 is 1.39. The normalized spacial score (nSPS) is 10.0. The van der Waals surface area contributed by atoms with Crippen LogP contribution in [0.5, 0.6) is 0 Å². The number of benzene rings is 1. The van der Waals surface area contributed by atoms with Crippen molar-refractivity contribution in [2.24, 2.45) is 0 Å². The van der Waals surface area contributed by atoms with Gasteiger partial charge in [-0.15, -0.1) is 0 Å². The first-order chi connectivity index (χ1) is 9.02. The predicted octanol–water partition coefficient (Wildman–Crippen LogP) is 3.01. The molecule has 0 saturated heterocycles. The molecule has 1 amide bonds. The van der Waals surface area contributed by atoms with E-state index >= 15 is 0 Å². The molecule has 19 heavy (non-hydrogen) atoms. The molecule has 0 radical (unpaired) electrons. The molecule has 1 heterocycles. The van der Waals surface area contributed by atoms with Crippen molar-refractivity contribution in [2.75, 3.05) is 5.32 Å². The number of carbonyl (C=O) groups is 1. The summed E-state index contributed by atoms with van der Waals surface area (Å²) in [6.07, 6.45) is 1.36. The van der Waals surface area contributed by atoms with Crippen LogP contribution in [0.25, 0.3) is 5.69 Å². The van der Waals surface area contributed by atoms with Gasteiger partial charge in [0.15, 0.2) is 5.82 Å². The molecule has 2 aromatic rings. The average Bonchev–Trinajstić information content (AvgIpc) is 2.71. The van der Waals surface area contributed by atoms with Gasteiger partial charge in [0.1, 0.15) is 11.6 Å². The number of nitriles is 1. The van der Waals surface area contributed by atoms with Crippen LogP contribution in [-0.4, -0.2) is 15.7 Å². The van der Waals surface area contributed by atoms with Crippen LogP contribution in [0.1, 0.15) is 12.5 Å². The van der Waals surface area contributed by atoms with E-state index in [1.54, 1.807) is 18.2 Å². The standard InChI is InChI=1S/C12H8Cl2N4O/c1-7(19)17-12-8(5-15)6-16-18(12)11-3-2-9(13)4-10(11)14/h2-4,6H,1H3,(H,17,19). The van der Waals surface area contributed by atoms with Gasteiger partial charge in [0.2, 0.25) is 5.91 Å². The SMILES string of the molecule is CC(=O)Nc1c(C#N)cnn1-c1ccc(Cl)cc1Cl. The van der Waals surface area contributed by atoms with E-state index in [4.69, 9.17) is 28.5 Å². The molecule has 0 spiro atoms. The number of rotatable bonds is 2. The van der Waals surface area contributed by atoms with Crippen LogP contribution < -0.4 is 5.32 Å². The van der Waals surface area contributed by atoms with Gasteiger partial charge in [-0.05, 0) is 18.2 Å². The molecule has 7 heteroatoms. The molecule has 1 aromatic carbocycles. The number of aromatic nitrogens is 2. The van der Waals surface area contributed by atoms with Gasteiger partial charge in [-0.1, -0.05) is 23.2 Å². The van der Waals surface area contributed by atoms with Crippen molar-refractivity contribution in [3.63, 3.8) is 0 Å². The van der Waals surface area contributed by atoms with E-state index in [9.17, 15) is 4.79 Å². The van der Waals surface area contributed by atoms with Crippen LogP contribution >= 0.6 is 23.2 Å². The number of anilines is 1. The van der Waals surface area contributed by atoms with Gasteiger partial charge in [-0.3, -0.25) is 4.79 Å². The fraction of sp³-hybridized carbons (Fsp3) is 0.0833. The highest BCUT2D eigenvalue weighted by Crippen LogP contribution is 2.27. The number of nitrogens with zero attached hydrogens (tertiary/aromatic N) is 3. The van der Waals surface area contributed by atoms with Crippen LogP contribution in [0.4, 0.5) is 5.82 Å². The second-order valence-electron chi connectivity index (χ2n) is 3.71. The highest BCUT2D eigenvalue weighted by molar-refractivity contribution is 6.35. The van der Waals surface area contributed by atoms with Gasteiger partial charge in [0, 0.05) is 11.9 Å². The maximum atomic E-state index is 11.2. The Labute approximate surface area is 119 Å². The second kappa shape index (κ2) is 5.31. The molecule has 0 aliphatic rings. The van der Waals surface area contributed by atoms with Crippen LogP contribution in [0.15, 0.2) is 24.4 Å². The molecule has 0 unspecified atom stereocenters. The van der Waals surface area contributed by atoms with Gasteiger partial charge in [-0.25, -0.2) is 4.68 Å². The monoisotopic (exact) mass is 294 g/mol. The minimum absolute atomic E-state index is 0.251. The van der Waals surface area contributed by atoms with Gasteiger partial charge >= 0.3 is 0 Å². The fourth-order valence-electron chi connectivity index (χ4n) is 1.55. The van der Waals surface area contributed by atoms with Crippen molar-refractivity contribution in [2.45, 2.75) is 6.92 Å². The Balaban J connectivity index is 2.59. The maximum absolute atomic E-state index is 11.2. The highest BCUT2D eigenvalue weighted by atomic mass is 35.5. The van der Waals surface area contributed by atoms with E-state index < -0.39 is 0 Å². The minimum Gasteiger partial charge on any atom is -0.310 e. The molecule has 0 aliphatic carbocycles. The molecule has 5 nitrogen and oxygen atoms in total. The number of hydrogen-bond donors (Lipinski definition) is 1. The third kappa shape index (κ3) is 2.70. The lowest BCUT2D eigenvalue weighted by Crippen LogP contribution is -2.12. The third-order valence-corrected chi connectivity index (χ3v) is 2.86. The van der Waals surface area contributed by atoms with Crippen molar-refractivity contribution >= 4 is 34.9 Å². The van der Waals surface area contributed by atoms with E-state index in [-0.39, 0.29) is 17.3 Å². The summed E-state index contributed by atoms with van der Waals surface area (Å²) in [6, 6.07) is 6.82. The summed E-state index contributed by atoms with van der Waals surface area (Å²) in [4.78, 5) is 11.2. The Morgan fingerprint density at radius 3 is 2.79 bits per heavy atom. The Morgan fingerprint density at radius 2 is 2.21 bits per heavy atom. The Bertz CT molecular complexity index is 688. The van der Waals surface area contributed by atoms with Gasteiger partial charge < -0.3 is 5.32 Å². The molecule has 0 fully saturated rings. The van der Waals surface area contributed by atoms with Crippen molar-refractivity contribution in [3.8, 4) is 11.8 Å². The zero-order chi connectivity index (χ0) is 14.0.